The molecule has 3 rings (SSSR count). The van der Waals surface area contributed by atoms with Gasteiger partial charge in [-0.15, -0.1) is 0 Å². The number of amides is 2. The van der Waals surface area contributed by atoms with E-state index < -0.39 is 34.3 Å². The van der Waals surface area contributed by atoms with Crippen molar-refractivity contribution in [2.45, 2.75) is 51.6 Å². The second-order valence-corrected chi connectivity index (χ2v) is 12.8. The van der Waals surface area contributed by atoms with Gasteiger partial charge in [-0.3, -0.25) is 13.9 Å². The summed E-state index contributed by atoms with van der Waals surface area (Å²) in [5.41, 5.74) is 1.81. The van der Waals surface area contributed by atoms with Gasteiger partial charge in [0.2, 0.25) is 11.8 Å². The highest BCUT2D eigenvalue weighted by molar-refractivity contribution is 9.10. The lowest BCUT2D eigenvalue weighted by Gasteiger charge is -2.33. The molecule has 0 fully saturated rings. The monoisotopic (exact) mass is 631 g/mol. The summed E-state index contributed by atoms with van der Waals surface area (Å²) in [6.07, 6.45) is 0.305. The zero-order valence-electron chi connectivity index (χ0n) is 23.1. The fourth-order valence-electron chi connectivity index (χ4n) is 4.10. The minimum Gasteiger partial charge on any atom is -0.354 e. The molecule has 7 nitrogen and oxygen atoms in total. The first-order valence-corrected chi connectivity index (χ1v) is 15.3. The Morgan fingerprint density at radius 2 is 1.55 bits per heavy atom. The zero-order valence-corrected chi connectivity index (χ0v) is 25.5. The number of sulfonamides is 1. The van der Waals surface area contributed by atoms with Gasteiger partial charge in [0.05, 0.1) is 10.6 Å². The highest BCUT2D eigenvalue weighted by Crippen LogP contribution is 2.26. The predicted molar refractivity (Wildman–Crippen MR) is 159 cm³/mol. The van der Waals surface area contributed by atoms with E-state index in [2.05, 4.69) is 21.2 Å². The van der Waals surface area contributed by atoms with Gasteiger partial charge in [0, 0.05) is 17.6 Å². The average Bonchev–Trinajstić information content (AvgIpc) is 2.92. The van der Waals surface area contributed by atoms with Crippen LogP contribution in [0.5, 0.6) is 0 Å². The summed E-state index contributed by atoms with van der Waals surface area (Å²) in [4.78, 5) is 28.6. The molecule has 3 aromatic carbocycles. The Morgan fingerprint density at radius 3 is 2.10 bits per heavy atom. The van der Waals surface area contributed by atoms with Crippen molar-refractivity contribution in [1.29, 1.82) is 0 Å². The highest BCUT2D eigenvalue weighted by Gasteiger charge is 2.33. The summed E-state index contributed by atoms with van der Waals surface area (Å²) >= 11 is 3.37. The smallest absolute Gasteiger partial charge is 0.264 e. The molecule has 0 bridgehead atoms. The molecular weight excluding hydrogens is 597 g/mol. The van der Waals surface area contributed by atoms with Crippen LogP contribution < -0.4 is 9.62 Å². The largest absolute Gasteiger partial charge is 0.354 e. The van der Waals surface area contributed by atoms with Crippen LogP contribution in [-0.4, -0.2) is 44.3 Å². The number of aryl methyl sites for hydroxylation is 1. The number of carbonyl (C=O) groups excluding carboxylic acids is 2. The van der Waals surface area contributed by atoms with Gasteiger partial charge in [0.15, 0.2) is 0 Å². The zero-order chi connectivity index (χ0) is 29.4. The number of halogens is 2. The maximum Gasteiger partial charge on any atom is 0.264 e. The van der Waals surface area contributed by atoms with Crippen LogP contribution in [0.15, 0.2) is 82.2 Å². The topological polar surface area (TPSA) is 86.8 Å². The van der Waals surface area contributed by atoms with Crippen LogP contribution in [0.25, 0.3) is 0 Å². The molecule has 40 heavy (non-hydrogen) atoms. The molecule has 0 aliphatic rings. The third-order valence-corrected chi connectivity index (χ3v) is 8.66. The number of nitrogens with zero attached hydrogens (tertiary/aromatic N) is 2. The summed E-state index contributed by atoms with van der Waals surface area (Å²) in [6, 6.07) is 17.8. The fraction of sp³-hybridized carbons (Fsp3) is 0.333. The van der Waals surface area contributed by atoms with Crippen molar-refractivity contribution in [1.82, 2.24) is 10.2 Å². The number of hydrogen-bond acceptors (Lipinski definition) is 4. The van der Waals surface area contributed by atoms with Crippen LogP contribution in [0, 0.1) is 18.7 Å². The van der Waals surface area contributed by atoms with Crippen molar-refractivity contribution in [3.63, 3.8) is 0 Å². The summed E-state index contributed by atoms with van der Waals surface area (Å²) in [6.45, 7) is 7.48. The first kappa shape index (κ1) is 31.3. The maximum atomic E-state index is 14.0. The Kier molecular flexibility index (Phi) is 10.9. The highest BCUT2D eigenvalue weighted by atomic mass is 79.9. The minimum atomic E-state index is -4.14. The molecule has 214 valence electrons. The number of rotatable bonds is 12. The van der Waals surface area contributed by atoms with E-state index in [0.717, 1.165) is 14.3 Å². The van der Waals surface area contributed by atoms with E-state index in [1.54, 1.807) is 55.5 Å². The lowest BCUT2D eigenvalue weighted by Crippen LogP contribution is -2.52. The van der Waals surface area contributed by atoms with E-state index in [-0.39, 0.29) is 23.3 Å². The van der Waals surface area contributed by atoms with E-state index in [1.807, 2.05) is 20.8 Å². The van der Waals surface area contributed by atoms with Crippen LogP contribution in [0.3, 0.4) is 0 Å². The quantitative estimate of drug-likeness (QED) is 0.279. The molecule has 0 aliphatic carbocycles. The summed E-state index contributed by atoms with van der Waals surface area (Å²) in [5, 5.41) is 2.89. The second-order valence-electron chi connectivity index (χ2n) is 10.0. The Labute approximate surface area is 244 Å². The molecule has 0 aromatic heterocycles. The van der Waals surface area contributed by atoms with Crippen molar-refractivity contribution in [3.8, 4) is 0 Å². The standard InChI is InChI=1S/C30H35BrFN3O4S/c1-5-28(30(37)33-18-21(2)3)34(19-23-8-12-25(32)13-9-23)29(36)20-35(26-14-10-24(31)11-15-26)40(38,39)27-16-6-22(4)7-17-27/h6-17,21,28H,5,18-20H2,1-4H3,(H,33,37)/t28-/m0/s1. The first-order chi connectivity index (χ1) is 18.9. The molecule has 1 atom stereocenters. The fourth-order valence-corrected chi connectivity index (χ4v) is 5.78. The van der Waals surface area contributed by atoms with Crippen molar-refractivity contribution in [2.24, 2.45) is 5.92 Å². The molecule has 3 aromatic rings. The molecule has 0 saturated heterocycles. The number of nitrogens with one attached hydrogen (secondary N) is 1. The molecule has 0 heterocycles. The van der Waals surface area contributed by atoms with Gasteiger partial charge in [0.25, 0.3) is 10.0 Å². The molecule has 0 spiro atoms. The molecular formula is C30H35BrFN3O4S. The van der Waals surface area contributed by atoms with E-state index >= 15 is 0 Å². The van der Waals surface area contributed by atoms with Crippen molar-refractivity contribution in [2.75, 3.05) is 17.4 Å². The van der Waals surface area contributed by atoms with E-state index in [0.29, 0.717) is 24.2 Å². The third kappa shape index (κ3) is 8.14. The second kappa shape index (κ2) is 13.9. The summed E-state index contributed by atoms with van der Waals surface area (Å²) in [5.74, 6) is -1.11. The van der Waals surface area contributed by atoms with Crippen molar-refractivity contribution in [3.05, 3.63) is 94.2 Å². The molecule has 1 N–H and O–H groups in total. The van der Waals surface area contributed by atoms with Gasteiger partial charge < -0.3 is 10.2 Å². The number of benzene rings is 3. The van der Waals surface area contributed by atoms with Crippen LogP contribution >= 0.6 is 15.9 Å². The van der Waals surface area contributed by atoms with Crippen LogP contribution in [0.4, 0.5) is 10.1 Å². The Bertz CT molecular complexity index is 1400. The molecule has 0 radical (unpaired) electrons. The van der Waals surface area contributed by atoms with Gasteiger partial charge in [-0.1, -0.05) is 66.5 Å². The van der Waals surface area contributed by atoms with E-state index in [4.69, 9.17) is 0 Å². The number of anilines is 1. The average molecular weight is 633 g/mol. The molecule has 2 amide bonds. The Balaban J connectivity index is 2.03. The first-order valence-electron chi connectivity index (χ1n) is 13.1. The van der Waals surface area contributed by atoms with Gasteiger partial charge in [0.1, 0.15) is 18.4 Å². The van der Waals surface area contributed by atoms with Crippen LogP contribution in [0.2, 0.25) is 0 Å². The summed E-state index contributed by atoms with van der Waals surface area (Å²) in [7, 11) is -4.14. The molecule has 0 unspecified atom stereocenters. The molecule has 10 heteroatoms. The van der Waals surface area contributed by atoms with Gasteiger partial charge >= 0.3 is 0 Å². The third-order valence-electron chi connectivity index (χ3n) is 6.34. The number of carbonyl (C=O) groups is 2. The number of hydrogen-bond donors (Lipinski definition) is 1. The van der Waals surface area contributed by atoms with Crippen molar-refractivity contribution >= 4 is 43.5 Å². The normalized spacial score (nSPS) is 12.2. The molecule has 0 aliphatic heterocycles. The predicted octanol–water partition coefficient (Wildman–Crippen LogP) is 5.67. The lowest BCUT2D eigenvalue weighted by molar-refractivity contribution is -0.140. The van der Waals surface area contributed by atoms with Gasteiger partial charge in [-0.05, 0) is 73.4 Å². The summed E-state index contributed by atoms with van der Waals surface area (Å²) < 4.78 is 43.1. The van der Waals surface area contributed by atoms with Gasteiger partial charge in [-0.2, -0.15) is 0 Å². The Hall–Kier alpha value is -3.24. The van der Waals surface area contributed by atoms with Crippen LogP contribution in [-0.2, 0) is 26.2 Å². The SMILES string of the molecule is CC[C@@H](C(=O)NCC(C)C)N(Cc1ccc(F)cc1)C(=O)CN(c1ccc(Br)cc1)S(=O)(=O)c1ccc(C)cc1. The lowest BCUT2D eigenvalue weighted by atomic mass is 10.1. The molecule has 0 saturated carbocycles. The van der Waals surface area contributed by atoms with Gasteiger partial charge in [-0.25, -0.2) is 12.8 Å². The van der Waals surface area contributed by atoms with E-state index in [9.17, 15) is 22.4 Å². The maximum absolute atomic E-state index is 14.0. The van der Waals surface area contributed by atoms with Crippen molar-refractivity contribution < 1.29 is 22.4 Å². The Morgan fingerprint density at radius 1 is 0.950 bits per heavy atom. The minimum absolute atomic E-state index is 0.00543. The van der Waals surface area contributed by atoms with Crippen LogP contribution in [0.1, 0.15) is 38.3 Å². The van der Waals surface area contributed by atoms with E-state index in [1.165, 1.54) is 29.2 Å².